The van der Waals surface area contributed by atoms with Gasteiger partial charge >= 0.3 is 0 Å². The molecule has 1 unspecified atom stereocenters. The van der Waals surface area contributed by atoms with E-state index in [2.05, 4.69) is 89.9 Å². The van der Waals surface area contributed by atoms with Crippen molar-refractivity contribution in [3.63, 3.8) is 0 Å². The number of nitrogens with one attached hydrogen (secondary N) is 1. The Labute approximate surface area is 190 Å². The Morgan fingerprint density at radius 1 is 0.969 bits per heavy atom. The average molecular weight is 426 g/mol. The molecule has 5 rings (SSSR count). The third-order valence-corrected chi connectivity index (χ3v) is 7.24. The highest BCUT2D eigenvalue weighted by atomic mass is 16.2. The first kappa shape index (κ1) is 20.8. The van der Waals surface area contributed by atoms with Gasteiger partial charge in [0, 0.05) is 38.6 Å². The Balaban J connectivity index is 1.38. The van der Waals surface area contributed by atoms with Crippen LogP contribution in [0, 0.1) is 5.92 Å². The summed E-state index contributed by atoms with van der Waals surface area (Å²) in [6, 6.07) is 27.4. The minimum atomic E-state index is -0.611. The van der Waals surface area contributed by atoms with Gasteiger partial charge in [-0.25, -0.2) is 0 Å². The lowest BCUT2D eigenvalue weighted by molar-refractivity contribution is -0.121. The Morgan fingerprint density at radius 3 is 2.44 bits per heavy atom. The summed E-state index contributed by atoms with van der Waals surface area (Å²) in [5, 5.41) is 3.19. The molecule has 0 aliphatic carbocycles. The van der Waals surface area contributed by atoms with E-state index in [1.165, 1.54) is 11.3 Å². The second-order valence-electron chi connectivity index (χ2n) is 9.27. The first-order valence-electron chi connectivity index (χ1n) is 11.5. The topological polar surface area (TPSA) is 35.6 Å². The largest absolute Gasteiger partial charge is 0.378 e. The van der Waals surface area contributed by atoms with Crippen molar-refractivity contribution in [2.24, 2.45) is 5.92 Å². The fourth-order valence-corrected chi connectivity index (χ4v) is 5.55. The molecule has 3 aromatic rings. The van der Waals surface area contributed by atoms with Crippen LogP contribution in [0.25, 0.3) is 0 Å². The van der Waals surface area contributed by atoms with Crippen LogP contribution in [0.3, 0.4) is 0 Å². The number of likely N-dealkylation sites (tertiary alicyclic amines) is 1. The third kappa shape index (κ3) is 3.49. The molecule has 32 heavy (non-hydrogen) atoms. The molecule has 2 atom stereocenters. The molecule has 1 fully saturated rings. The number of hydrogen-bond donors (Lipinski definition) is 1. The van der Waals surface area contributed by atoms with Crippen LogP contribution in [0.1, 0.15) is 23.1 Å². The molecule has 1 saturated heterocycles. The number of anilines is 2. The molecule has 3 aromatic carbocycles. The number of carbonyl (C=O) groups excluding carboxylic acids is 1. The Hall–Kier alpha value is -3.11. The second-order valence-corrected chi connectivity index (χ2v) is 9.27. The molecule has 0 radical (unpaired) electrons. The smallest absolute Gasteiger partial charge is 0.239 e. The zero-order valence-corrected chi connectivity index (χ0v) is 18.9. The van der Waals surface area contributed by atoms with E-state index < -0.39 is 5.41 Å². The number of nitrogens with zero attached hydrogens (tertiary/aromatic N) is 2. The molecule has 4 nitrogen and oxygen atoms in total. The number of benzene rings is 3. The zero-order chi connectivity index (χ0) is 22.1. The highest BCUT2D eigenvalue weighted by molar-refractivity contribution is 6.09. The summed E-state index contributed by atoms with van der Waals surface area (Å²) in [6.07, 6.45) is 2.05. The summed E-state index contributed by atoms with van der Waals surface area (Å²) < 4.78 is 0. The summed E-state index contributed by atoms with van der Waals surface area (Å²) >= 11 is 0. The normalized spacial score (nSPS) is 22.6. The van der Waals surface area contributed by atoms with E-state index in [-0.39, 0.29) is 11.8 Å². The van der Waals surface area contributed by atoms with Crippen LogP contribution in [-0.4, -0.2) is 44.5 Å². The van der Waals surface area contributed by atoms with Crippen LogP contribution in [0.2, 0.25) is 0 Å². The van der Waals surface area contributed by atoms with E-state index in [0.717, 1.165) is 49.3 Å². The molecule has 0 bridgehead atoms. The first-order valence-corrected chi connectivity index (χ1v) is 11.5. The van der Waals surface area contributed by atoms with E-state index in [4.69, 9.17) is 0 Å². The fourth-order valence-electron chi connectivity index (χ4n) is 5.55. The van der Waals surface area contributed by atoms with Crippen molar-refractivity contribution in [2.45, 2.75) is 18.3 Å². The lowest BCUT2D eigenvalue weighted by Crippen LogP contribution is -2.44. The summed E-state index contributed by atoms with van der Waals surface area (Å²) in [5.74, 6) is 0.376. The van der Waals surface area contributed by atoms with Crippen LogP contribution in [-0.2, 0) is 16.6 Å². The van der Waals surface area contributed by atoms with Crippen molar-refractivity contribution >= 4 is 17.3 Å². The lowest BCUT2D eigenvalue weighted by Gasteiger charge is -2.34. The molecule has 1 N–H and O–H groups in total. The van der Waals surface area contributed by atoms with Gasteiger partial charge in [0.1, 0.15) is 5.41 Å². The van der Waals surface area contributed by atoms with Crippen LogP contribution in [0.5, 0.6) is 0 Å². The van der Waals surface area contributed by atoms with Gasteiger partial charge < -0.3 is 15.1 Å². The molecular weight excluding hydrogens is 394 g/mol. The molecule has 4 heteroatoms. The van der Waals surface area contributed by atoms with Crippen molar-refractivity contribution in [1.82, 2.24) is 4.90 Å². The minimum Gasteiger partial charge on any atom is -0.378 e. The van der Waals surface area contributed by atoms with Crippen molar-refractivity contribution in [1.29, 1.82) is 0 Å². The Kier molecular flexibility index (Phi) is 5.48. The zero-order valence-electron chi connectivity index (χ0n) is 18.9. The van der Waals surface area contributed by atoms with Crippen molar-refractivity contribution in [2.75, 3.05) is 43.9 Å². The van der Waals surface area contributed by atoms with Crippen molar-refractivity contribution in [3.05, 3.63) is 95.6 Å². The van der Waals surface area contributed by atoms with Crippen molar-refractivity contribution < 1.29 is 4.79 Å². The van der Waals surface area contributed by atoms with Gasteiger partial charge in [-0.1, -0.05) is 60.7 Å². The van der Waals surface area contributed by atoms with Crippen LogP contribution >= 0.6 is 0 Å². The maximum atomic E-state index is 13.6. The summed E-state index contributed by atoms with van der Waals surface area (Å²) in [5.41, 5.74) is 5.17. The highest BCUT2D eigenvalue weighted by Gasteiger charge is 2.54. The monoisotopic (exact) mass is 425 g/mol. The van der Waals surface area contributed by atoms with E-state index in [1.807, 2.05) is 18.2 Å². The number of fused-ring (bicyclic) bond motifs is 1. The van der Waals surface area contributed by atoms with Gasteiger partial charge in [-0.05, 0) is 60.2 Å². The second kappa shape index (κ2) is 8.44. The molecule has 1 amide bonds. The number of rotatable bonds is 6. The van der Waals surface area contributed by atoms with Crippen molar-refractivity contribution in [3.8, 4) is 0 Å². The van der Waals surface area contributed by atoms with E-state index in [1.54, 1.807) is 0 Å². The molecular formula is C28H31N3O. The number of para-hydroxylation sites is 1. The van der Waals surface area contributed by atoms with Gasteiger partial charge in [-0.15, -0.1) is 0 Å². The van der Waals surface area contributed by atoms with Gasteiger partial charge in [-0.3, -0.25) is 4.79 Å². The van der Waals surface area contributed by atoms with E-state index in [0.29, 0.717) is 0 Å². The molecule has 0 aromatic heterocycles. The average Bonchev–Trinajstić information content (AvgIpc) is 3.40. The van der Waals surface area contributed by atoms with Gasteiger partial charge in [0.05, 0.1) is 0 Å². The quantitative estimate of drug-likeness (QED) is 0.629. The molecule has 2 aliphatic rings. The van der Waals surface area contributed by atoms with Crippen LogP contribution in [0.15, 0.2) is 78.9 Å². The predicted molar refractivity (Wildman–Crippen MR) is 131 cm³/mol. The van der Waals surface area contributed by atoms with Gasteiger partial charge in [0.25, 0.3) is 0 Å². The first-order chi connectivity index (χ1) is 15.6. The number of hydrogen-bond acceptors (Lipinski definition) is 3. The lowest BCUT2D eigenvalue weighted by atomic mass is 9.66. The predicted octanol–water partition coefficient (Wildman–Crippen LogP) is 4.56. The van der Waals surface area contributed by atoms with Gasteiger partial charge in [0.2, 0.25) is 5.91 Å². The van der Waals surface area contributed by atoms with E-state index in [9.17, 15) is 4.79 Å². The minimum absolute atomic E-state index is 0.121. The third-order valence-electron chi connectivity index (χ3n) is 7.24. The number of carbonyl (C=O) groups is 1. The highest BCUT2D eigenvalue weighted by Crippen LogP contribution is 2.50. The molecule has 0 spiro atoms. The van der Waals surface area contributed by atoms with Crippen LogP contribution < -0.4 is 10.2 Å². The Bertz CT molecular complexity index is 1090. The fraction of sp³-hybridized carbons (Fsp3) is 0.321. The maximum Gasteiger partial charge on any atom is 0.239 e. The maximum absolute atomic E-state index is 13.6. The standard InChI is InChI=1S/C28H31N3O/c1-30(2)24-14-12-21(13-15-24)16-18-31-19-17-23(20-31)28(22-8-4-3-5-9-22)25-10-6-7-11-26(25)29-27(28)32/h3-15,23H,16-20H2,1-2H3,(H,29,32)/t23-,28?/m1/s1. The SMILES string of the molecule is CN(C)c1ccc(CCN2CC[C@@H](C3(c4ccccc4)C(=O)Nc4ccccc43)C2)cc1. The van der Waals surface area contributed by atoms with E-state index >= 15 is 0 Å². The Morgan fingerprint density at radius 2 is 1.69 bits per heavy atom. The number of amides is 1. The summed E-state index contributed by atoms with van der Waals surface area (Å²) in [7, 11) is 4.14. The van der Waals surface area contributed by atoms with Crippen LogP contribution in [0.4, 0.5) is 11.4 Å². The molecule has 0 saturated carbocycles. The van der Waals surface area contributed by atoms with Gasteiger partial charge in [-0.2, -0.15) is 0 Å². The summed E-state index contributed by atoms with van der Waals surface area (Å²) in [6.45, 7) is 2.99. The summed E-state index contributed by atoms with van der Waals surface area (Å²) in [4.78, 5) is 18.2. The molecule has 2 aliphatic heterocycles. The van der Waals surface area contributed by atoms with Gasteiger partial charge in [0.15, 0.2) is 0 Å². The molecule has 164 valence electrons. The molecule has 2 heterocycles.